The van der Waals surface area contributed by atoms with Crippen LogP contribution in [0.15, 0.2) is 42.0 Å². The lowest BCUT2D eigenvalue weighted by atomic mass is 10.1. The summed E-state index contributed by atoms with van der Waals surface area (Å²) in [5.41, 5.74) is 2.90. The summed E-state index contributed by atoms with van der Waals surface area (Å²) in [4.78, 5) is 0. The summed E-state index contributed by atoms with van der Waals surface area (Å²) in [6, 6.07) is 10.7. The van der Waals surface area contributed by atoms with Crippen LogP contribution in [0, 0.1) is 0 Å². The second-order valence-electron chi connectivity index (χ2n) is 4.57. The first-order valence-corrected chi connectivity index (χ1v) is 6.72. The van der Waals surface area contributed by atoms with Gasteiger partial charge in [0.1, 0.15) is 0 Å². The maximum absolute atomic E-state index is 4.98. The van der Waals surface area contributed by atoms with E-state index in [4.69, 9.17) is 4.74 Å². The van der Waals surface area contributed by atoms with Crippen LogP contribution in [0.3, 0.4) is 0 Å². The molecule has 0 fully saturated rings. The average Bonchev–Trinajstić information content (AvgIpc) is 2.41. The number of methoxy groups -OCH3 is 1. The van der Waals surface area contributed by atoms with Crippen LogP contribution in [0.25, 0.3) is 0 Å². The summed E-state index contributed by atoms with van der Waals surface area (Å²) in [6.45, 7) is 4.98. The molecule has 100 valence electrons. The highest BCUT2D eigenvalue weighted by atomic mass is 16.5. The highest BCUT2D eigenvalue weighted by Crippen LogP contribution is 2.08. The van der Waals surface area contributed by atoms with Crippen LogP contribution in [0.4, 0.5) is 0 Å². The van der Waals surface area contributed by atoms with Gasteiger partial charge in [0.05, 0.1) is 6.61 Å². The van der Waals surface area contributed by atoms with Gasteiger partial charge in [0.2, 0.25) is 0 Å². The summed E-state index contributed by atoms with van der Waals surface area (Å²) in [5, 5.41) is 3.35. The van der Waals surface area contributed by atoms with Gasteiger partial charge in [-0.15, -0.1) is 0 Å². The molecule has 0 aliphatic heterocycles. The maximum Gasteiger partial charge on any atom is 0.0587 e. The lowest BCUT2D eigenvalue weighted by Crippen LogP contribution is -2.19. The zero-order valence-corrected chi connectivity index (χ0v) is 11.6. The minimum Gasteiger partial charge on any atom is -0.383 e. The van der Waals surface area contributed by atoms with E-state index in [0.717, 1.165) is 39.0 Å². The molecule has 0 saturated carbocycles. The monoisotopic (exact) mass is 247 g/mol. The molecule has 2 nitrogen and oxygen atoms in total. The van der Waals surface area contributed by atoms with Gasteiger partial charge in [-0.2, -0.15) is 0 Å². The van der Waals surface area contributed by atoms with Gasteiger partial charge in [0.25, 0.3) is 0 Å². The predicted octanol–water partition coefficient (Wildman–Crippen LogP) is 3.19. The zero-order chi connectivity index (χ0) is 13.1. The third kappa shape index (κ3) is 7.25. The van der Waals surface area contributed by atoms with Crippen LogP contribution in [0.2, 0.25) is 0 Å². The van der Waals surface area contributed by atoms with E-state index in [-0.39, 0.29) is 0 Å². The SMILES string of the molecule is COCCNCCC=C(C)CCc1ccccc1. The molecule has 0 bridgehead atoms. The normalized spacial score (nSPS) is 11.8. The Balaban J connectivity index is 2.10. The Morgan fingerprint density at radius 2 is 2.00 bits per heavy atom. The number of benzene rings is 1. The van der Waals surface area contributed by atoms with Gasteiger partial charge >= 0.3 is 0 Å². The van der Waals surface area contributed by atoms with Crippen molar-refractivity contribution < 1.29 is 4.74 Å². The molecule has 1 aromatic rings. The number of ether oxygens (including phenoxy) is 1. The molecule has 18 heavy (non-hydrogen) atoms. The zero-order valence-electron chi connectivity index (χ0n) is 11.6. The van der Waals surface area contributed by atoms with Gasteiger partial charge in [0, 0.05) is 13.7 Å². The van der Waals surface area contributed by atoms with E-state index >= 15 is 0 Å². The molecule has 1 rings (SSSR count). The Morgan fingerprint density at radius 3 is 2.72 bits per heavy atom. The highest BCUT2D eigenvalue weighted by Gasteiger charge is 1.93. The molecular weight excluding hydrogens is 222 g/mol. The Labute approximate surface area is 111 Å². The first kappa shape index (κ1) is 14.9. The van der Waals surface area contributed by atoms with Crippen molar-refractivity contribution >= 4 is 0 Å². The molecule has 0 radical (unpaired) electrons. The van der Waals surface area contributed by atoms with Gasteiger partial charge in [-0.25, -0.2) is 0 Å². The lowest BCUT2D eigenvalue weighted by Gasteiger charge is -2.04. The van der Waals surface area contributed by atoms with Gasteiger partial charge in [-0.3, -0.25) is 0 Å². The van der Waals surface area contributed by atoms with Crippen molar-refractivity contribution in [1.82, 2.24) is 5.32 Å². The fourth-order valence-corrected chi connectivity index (χ4v) is 1.81. The van der Waals surface area contributed by atoms with E-state index in [9.17, 15) is 0 Å². The predicted molar refractivity (Wildman–Crippen MR) is 77.9 cm³/mol. The number of hydrogen-bond donors (Lipinski definition) is 1. The molecule has 2 heteroatoms. The summed E-state index contributed by atoms with van der Waals surface area (Å²) < 4.78 is 4.98. The van der Waals surface area contributed by atoms with Gasteiger partial charge in [-0.05, 0) is 38.3 Å². The van der Waals surface area contributed by atoms with E-state index in [1.54, 1.807) is 7.11 Å². The third-order valence-corrected chi connectivity index (χ3v) is 2.95. The van der Waals surface area contributed by atoms with Crippen LogP contribution in [-0.2, 0) is 11.2 Å². The third-order valence-electron chi connectivity index (χ3n) is 2.95. The van der Waals surface area contributed by atoms with Crippen molar-refractivity contribution in [1.29, 1.82) is 0 Å². The molecule has 0 aliphatic carbocycles. The highest BCUT2D eigenvalue weighted by molar-refractivity contribution is 5.16. The van der Waals surface area contributed by atoms with Crippen molar-refractivity contribution in [2.45, 2.75) is 26.2 Å². The molecule has 1 N–H and O–H groups in total. The van der Waals surface area contributed by atoms with Crippen molar-refractivity contribution in [2.75, 3.05) is 26.8 Å². The molecule has 0 spiro atoms. The van der Waals surface area contributed by atoms with Crippen LogP contribution in [0.1, 0.15) is 25.3 Å². The maximum atomic E-state index is 4.98. The van der Waals surface area contributed by atoms with Crippen LogP contribution >= 0.6 is 0 Å². The minimum atomic E-state index is 0.788. The molecule has 0 atom stereocenters. The van der Waals surface area contributed by atoms with E-state index in [1.807, 2.05) is 0 Å². The average molecular weight is 247 g/mol. The van der Waals surface area contributed by atoms with Gasteiger partial charge < -0.3 is 10.1 Å². The van der Waals surface area contributed by atoms with E-state index < -0.39 is 0 Å². The van der Waals surface area contributed by atoms with Crippen molar-refractivity contribution in [2.24, 2.45) is 0 Å². The van der Waals surface area contributed by atoms with E-state index in [2.05, 4.69) is 48.6 Å². The molecule has 1 aromatic carbocycles. The number of rotatable bonds is 9. The van der Waals surface area contributed by atoms with E-state index in [1.165, 1.54) is 11.1 Å². The summed E-state index contributed by atoms with van der Waals surface area (Å²) in [6.07, 6.45) is 5.73. The molecule has 0 heterocycles. The molecule has 0 amide bonds. The quantitative estimate of drug-likeness (QED) is 0.534. The molecule has 0 unspecified atom stereocenters. The van der Waals surface area contributed by atoms with E-state index in [0.29, 0.717) is 0 Å². The second kappa shape index (κ2) is 9.86. The second-order valence-corrected chi connectivity index (χ2v) is 4.57. The van der Waals surface area contributed by atoms with Gasteiger partial charge in [-0.1, -0.05) is 42.0 Å². The van der Waals surface area contributed by atoms with Crippen LogP contribution < -0.4 is 5.32 Å². The number of allylic oxidation sites excluding steroid dienone is 1. The summed E-state index contributed by atoms with van der Waals surface area (Å²) >= 11 is 0. The molecular formula is C16H25NO. The first-order valence-electron chi connectivity index (χ1n) is 6.72. The smallest absolute Gasteiger partial charge is 0.0587 e. The van der Waals surface area contributed by atoms with Crippen LogP contribution in [-0.4, -0.2) is 26.8 Å². The Kier molecular flexibility index (Phi) is 8.19. The topological polar surface area (TPSA) is 21.3 Å². The van der Waals surface area contributed by atoms with Crippen molar-refractivity contribution in [3.05, 3.63) is 47.5 Å². The van der Waals surface area contributed by atoms with Gasteiger partial charge in [0.15, 0.2) is 0 Å². The lowest BCUT2D eigenvalue weighted by molar-refractivity contribution is 0.199. The summed E-state index contributed by atoms with van der Waals surface area (Å²) in [7, 11) is 1.73. The Morgan fingerprint density at radius 1 is 1.22 bits per heavy atom. The standard InChI is InChI=1S/C16H25NO/c1-15(7-6-12-17-13-14-18-2)10-11-16-8-4-3-5-9-16/h3-5,7-9,17H,6,10-14H2,1-2H3. The fourth-order valence-electron chi connectivity index (χ4n) is 1.81. The molecule has 0 saturated heterocycles. The number of aryl methyl sites for hydroxylation is 1. The minimum absolute atomic E-state index is 0.788. The molecule has 0 aromatic heterocycles. The Bertz CT molecular complexity index is 332. The van der Waals surface area contributed by atoms with Crippen molar-refractivity contribution in [3.8, 4) is 0 Å². The van der Waals surface area contributed by atoms with Crippen LogP contribution in [0.5, 0.6) is 0 Å². The Hall–Kier alpha value is -1.12. The first-order chi connectivity index (χ1) is 8.83. The number of nitrogens with one attached hydrogen (secondary N) is 1. The number of hydrogen-bond acceptors (Lipinski definition) is 2. The molecule has 0 aliphatic rings. The summed E-state index contributed by atoms with van der Waals surface area (Å²) in [5.74, 6) is 0. The van der Waals surface area contributed by atoms with Crippen molar-refractivity contribution in [3.63, 3.8) is 0 Å². The largest absolute Gasteiger partial charge is 0.383 e. The fraction of sp³-hybridized carbons (Fsp3) is 0.500.